The molecule has 1 fully saturated rings. The molecule has 2 aromatic rings. The molecule has 0 amide bonds. The van der Waals surface area contributed by atoms with Gasteiger partial charge in [0.15, 0.2) is 0 Å². The zero-order chi connectivity index (χ0) is 16.4. The molecule has 1 saturated heterocycles. The molecule has 23 heavy (non-hydrogen) atoms. The van der Waals surface area contributed by atoms with E-state index in [9.17, 15) is 5.11 Å². The van der Waals surface area contributed by atoms with Gasteiger partial charge in [-0.05, 0) is 45.2 Å². The lowest BCUT2D eigenvalue weighted by molar-refractivity contribution is 0.118. The number of benzene rings is 1. The number of nitrogens with zero attached hydrogens (tertiary/aromatic N) is 3. The van der Waals surface area contributed by atoms with Crippen molar-refractivity contribution in [3.05, 3.63) is 52.8 Å². The van der Waals surface area contributed by atoms with Gasteiger partial charge in [-0.15, -0.1) is 0 Å². The summed E-state index contributed by atoms with van der Waals surface area (Å²) in [6, 6.07) is 10.5. The van der Waals surface area contributed by atoms with Crippen molar-refractivity contribution in [2.45, 2.75) is 51.8 Å². The molecule has 2 atom stereocenters. The maximum absolute atomic E-state index is 10.5. The van der Waals surface area contributed by atoms with Gasteiger partial charge in [0, 0.05) is 30.9 Å². The lowest BCUT2D eigenvalue weighted by Gasteiger charge is -2.26. The molecule has 1 aromatic heterocycles. The summed E-state index contributed by atoms with van der Waals surface area (Å²) >= 11 is 0. The Morgan fingerprint density at radius 2 is 2.00 bits per heavy atom. The van der Waals surface area contributed by atoms with Crippen molar-refractivity contribution < 1.29 is 5.11 Å². The smallest absolute Gasteiger partial charge is 0.0805 e. The summed E-state index contributed by atoms with van der Waals surface area (Å²) in [5.74, 6) is 0. The Bertz CT molecular complexity index is 650. The van der Waals surface area contributed by atoms with Crippen LogP contribution in [-0.4, -0.2) is 32.4 Å². The maximum Gasteiger partial charge on any atom is 0.0805 e. The summed E-state index contributed by atoms with van der Waals surface area (Å²) in [5, 5.41) is 15.1. The highest BCUT2D eigenvalue weighted by molar-refractivity contribution is 5.24. The van der Waals surface area contributed by atoms with Crippen molar-refractivity contribution in [3.8, 4) is 0 Å². The molecule has 1 aromatic carbocycles. The molecule has 4 nitrogen and oxygen atoms in total. The van der Waals surface area contributed by atoms with Gasteiger partial charge in [0.2, 0.25) is 0 Å². The van der Waals surface area contributed by atoms with Crippen LogP contribution in [0.4, 0.5) is 0 Å². The number of aliphatic hydroxyl groups excluding tert-OH is 1. The summed E-state index contributed by atoms with van der Waals surface area (Å²) in [6.07, 6.45) is 2.81. The fraction of sp³-hybridized carbons (Fsp3) is 0.526. The second kappa shape index (κ2) is 6.85. The predicted molar refractivity (Wildman–Crippen MR) is 92.1 cm³/mol. The van der Waals surface area contributed by atoms with Crippen molar-refractivity contribution in [2.24, 2.45) is 7.05 Å². The van der Waals surface area contributed by atoms with Crippen LogP contribution in [0.5, 0.6) is 0 Å². The largest absolute Gasteiger partial charge is 0.388 e. The molecule has 1 N–H and O–H groups in total. The lowest BCUT2D eigenvalue weighted by atomic mass is 10.00. The third-order valence-electron chi connectivity index (χ3n) is 5.20. The van der Waals surface area contributed by atoms with Gasteiger partial charge >= 0.3 is 0 Å². The van der Waals surface area contributed by atoms with Crippen LogP contribution in [0.25, 0.3) is 0 Å². The van der Waals surface area contributed by atoms with E-state index in [0.29, 0.717) is 6.04 Å². The van der Waals surface area contributed by atoms with Crippen LogP contribution in [0.1, 0.15) is 47.9 Å². The van der Waals surface area contributed by atoms with Gasteiger partial charge in [-0.25, -0.2) is 0 Å². The monoisotopic (exact) mass is 313 g/mol. The fourth-order valence-electron chi connectivity index (χ4n) is 3.69. The molecule has 2 unspecified atom stereocenters. The molecule has 124 valence electrons. The first kappa shape index (κ1) is 16.2. The number of aromatic nitrogens is 2. The number of hydrogen-bond acceptors (Lipinski definition) is 3. The van der Waals surface area contributed by atoms with E-state index < -0.39 is 0 Å². The van der Waals surface area contributed by atoms with Gasteiger partial charge in [0.25, 0.3) is 0 Å². The minimum atomic E-state index is -0.377. The van der Waals surface area contributed by atoms with Crippen molar-refractivity contribution in [2.75, 3.05) is 6.54 Å². The van der Waals surface area contributed by atoms with E-state index in [4.69, 9.17) is 0 Å². The van der Waals surface area contributed by atoms with Crippen molar-refractivity contribution >= 4 is 0 Å². The molecule has 0 bridgehead atoms. The molecule has 0 spiro atoms. The maximum atomic E-state index is 10.5. The van der Waals surface area contributed by atoms with Gasteiger partial charge < -0.3 is 5.11 Å². The van der Waals surface area contributed by atoms with E-state index in [1.165, 1.54) is 24.1 Å². The fourth-order valence-corrected chi connectivity index (χ4v) is 3.69. The summed E-state index contributed by atoms with van der Waals surface area (Å²) in [7, 11) is 2.01. The first-order valence-corrected chi connectivity index (χ1v) is 8.52. The molecule has 0 saturated carbocycles. The molecule has 3 rings (SSSR count). The standard InChI is InChI=1S/C19H27N3O/c1-14-18(15(2)21(3)20-14)13-22-11-7-10-17(22)12-19(23)16-8-5-4-6-9-16/h4-6,8-9,17,19,23H,7,10-13H2,1-3H3. The quantitative estimate of drug-likeness (QED) is 0.922. The van der Waals surface area contributed by atoms with Crippen molar-refractivity contribution in [3.63, 3.8) is 0 Å². The van der Waals surface area contributed by atoms with Crippen LogP contribution in [0.2, 0.25) is 0 Å². The molecular weight excluding hydrogens is 286 g/mol. The summed E-state index contributed by atoms with van der Waals surface area (Å²) < 4.78 is 1.97. The van der Waals surface area contributed by atoms with E-state index in [2.05, 4.69) is 23.8 Å². The van der Waals surface area contributed by atoms with Gasteiger partial charge in [-0.3, -0.25) is 9.58 Å². The number of aliphatic hydroxyl groups is 1. The van der Waals surface area contributed by atoms with E-state index in [1.54, 1.807) is 0 Å². The topological polar surface area (TPSA) is 41.3 Å². The Balaban J connectivity index is 1.68. The number of aryl methyl sites for hydroxylation is 2. The van der Waals surface area contributed by atoms with Gasteiger partial charge in [0.1, 0.15) is 0 Å². The van der Waals surface area contributed by atoms with Crippen LogP contribution in [0, 0.1) is 13.8 Å². The predicted octanol–water partition coefficient (Wildman–Crippen LogP) is 3.13. The lowest BCUT2D eigenvalue weighted by Crippen LogP contribution is -2.30. The Hall–Kier alpha value is -1.65. The Labute approximate surface area is 138 Å². The second-order valence-electron chi connectivity index (χ2n) is 6.70. The highest BCUT2D eigenvalue weighted by Crippen LogP contribution is 2.29. The zero-order valence-electron chi connectivity index (χ0n) is 14.4. The van der Waals surface area contributed by atoms with Gasteiger partial charge in [-0.2, -0.15) is 5.10 Å². The highest BCUT2D eigenvalue weighted by atomic mass is 16.3. The average molecular weight is 313 g/mol. The van der Waals surface area contributed by atoms with Crippen LogP contribution >= 0.6 is 0 Å². The SMILES string of the molecule is Cc1nn(C)c(C)c1CN1CCCC1CC(O)c1ccccc1. The van der Waals surface area contributed by atoms with Gasteiger partial charge in [0.05, 0.1) is 11.8 Å². The van der Waals surface area contributed by atoms with Crippen LogP contribution < -0.4 is 0 Å². The van der Waals surface area contributed by atoms with Crippen LogP contribution in [-0.2, 0) is 13.6 Å². The Morgan fingerprint density at radius 1 is 1.26 bits per heavy atom. The first-order chi connectivity index (χ1) is 11.1. The normalized spacial score (nSPS) is 20.1. The van der Waals surface area contributed by atoms with E-state index >= 15 is 0 Å². The third-order valence-corrected chi connectivity index (χ3v) is 5.20. The van der Waals surface area contributed by atoms with Gasteiger partial charge in [-0.1, -0.05) is 30.3 Å². The minimum absolute atomic E-state index is 0.377. The number of likely N-dealkylation sites (tertiary alicyclic amines) is 1. The molecule has 0 radical (unpaired) electrons. The van der Waals surface area contributed by atoms with Crippen molar-refractivity contribution in [1.82, 2.24) is 14.7 Å². The molecular formula is C19H27N3O. The van der Waals surface area contributed by atoms with E-state index in [1.807, 2.05) is 42.1 Å². The van der Waals surface area contributed by atoms with Crippen LogP contribution in [0.15, 0.2) is 30.3 Å². The average Bonchev–Trinajstić information content (AvgIpc) is 3.08. The molecule has 1 aliphatic heterocycles. The molecule has 4 heteroatoms. The van der Waals surface area contributed by atoms with Crippen LogP contribution in [0.3, 0.4) is 0 Å². The number of rotatable bonds is 5. The first-order valence-electron chi connectivity index (χ1n) is 8.52. The Kier molecular flexibility index (Phi) is 4.83. The Morgan fingerprint density at radius 3 is 2.65 bits per heavy atom. The highest BCUT2D eigenvalue weighted by Gasteiger charge is 2.28. The molecule has 0 aliphatic carbocycles. The summed E-state index contributed by atoms with van der Waals surface area (Å²) in [6.45, 7) is 6.28. The van der Waals surface area contributed by atoms with E-state index in [0.717, 1.165) is 30.8 Å². The summed E-state index contributed by atoms with van der Waals surface area (Å²) in [5.41, 5.74) is 4.73. The second-order valence-corrected chi connectivity index (χ2v) is 6.70. The minimum Gasteiger partial charge on any atom is -0.388 e. The molecule has 2 heterocycles. The molecule has 1 aliphatic rings. The number of hydrogen-bond donors (Lipinski definition) is 1. The zero-order valence-corrected chi connectivity index (χ0v) is 14.4. The van der Waals surface area contributed by atoms with Crippen molar-refractivity contribution in [1.29, 1.82) is 0 Å². The third kappa shape index (κ3) is 3.48. The van der Waals surface area contributed by atoms with E-state index in [-0.39, 0.29) is 6.10 Å². The summed E-state index contributed by atoms with van der Waals surface area (Å²) in [4.78, 5) is 2.52.